The molecule has 2 aromatic rings. The van der Waals surface area contributed by atoms with Gasteiger partial charge in [-0.15, -0.1) is 0 Å². The number of amides is 2. The molecule has 0 aliphatic rings. The number of ether oxygens (including phenoxy) is 1. The van der Waals surface area contributed by atoms with Crippen molar-refractivity contribution < 1.29 is 14.3 Å². The molecular weight excluding hydrogens is 330 g/mol. The zero-order valence-corrected chi connectivity index (χ0v) is 15.6. The van der Waals surface area contributed by atoms with Crippen LogP contribution in [-0.2, 0) is 11.3 Å². The van der Waals surface area contributed by atoms with Gasteiger partial charge in [-0.1, -0.05) is 23.3 Å². The van der Waals surface area contributed by atoms with Crippen molar-refractivity contribution in [2.45, 2.75) is 40.3 Å². The summed E-state index contributed by atoms with van der Waals surface area (Å²) in [6.45, 7) is 7.89. The highest BCUT2D eigenvalue weighted by molar-refractivity contribution is 5.96. The molecule has 2 amide bonds. The van der Waals surface area contributed by atoms with Gasteiger partial charge in [0.2, 0.25) is 11.8 Å². The van der Waals surface area contributed by atoms with Gasteiger partial charge in [-0.2, -0.15) is 0 Å². The molecule has 0 saturated carbocycles. The Hall–Kier alpha value is -2.89. The van der Waals surface area contributed by atoms with E-state index in [0.717, 1.165) is 16.7 Å². The highest BCUT2D eigenvalue weighted by Crippen LogP contribution is 2.15. The summed E-state index contributed by atoms with van der Waals surface area (Å²) in [7, 11) is 0. The third-order valence-electron chi connectivity index (χ3n) is 3.57. The summed E-state index contributed by atoms with van der Waals surface area (Å²) in [5, 5.41) is 5.41. The third-order valence-corrected chi connectivity index (χ3v) is 3.57. The van der Waals surface area contributed by atoms with Crippen molar-refractivity contribution >= 4 is 11.8 Å². The van der Waals surface area contributed by atoms with Crippen LogP contribution in [0.2, 0.25) is 0 Å². The molecular formula is C20H25N3O3. The first-order valence-electron chi connectivity index (χ1n) is 8.59. The van der Waals surface area contributed by atoms with E-state index in [1.807, 2.05) is 39.8 Å². The van der Waals surface area contributed by atoms with E-state index < -0.39 is 0 Å². The van der Waals surface area contributed by atoms with E-state index in [-0.39, 0.29) is 31.0 Å². The van der Waals surface area contributed by atoms with Crippen LogP contribution in [-0.4, -0.2) is 29.4 Å². The summed E-state index contributed by atoms with van der Waals surface area (Å²) < 4.78 is 5.62. The van der Waals surface area contributed by atoms with Gasteiger partial charge in [-0.05, 0) is 45.9 Å². The topological polar surface area (TPSA) is 80.3 Å². The van der Waals surface area contributed by atoms with E-state index in [4.69, 9.17) is 4.74 Å². The van der Waals surface area contributed by atoms with Crippen LogP contribution in [0.25, 0.3) is 0 Å². The lowest BCUT2D eigenvalue weighted by atomic mass is 10.1. The molecule has 1 aromatic carbocycles. The molecule has 0 spiro atoms. The summed E-state index contributed by atoms with van der Waals surface area (Å²) in [6.07, 6.45) is 1.64. The lowest BCUT2D eigenvalue weighted by molar-refractivity contribution is -0.120. The first-order valence-corrected chi connectivity index (χ1v) is 8.59. The van der Waals surface area contributed by atoms with Gasteiger partial charge in [-0.3, -0.25) is 9.59 Å². The maximum Gasteiger partial charge on any atom is 0.251 e. The highest BCUT2D eigenvalue weighted by atomic mass is 16.5. The number of benzene rings is 1. The van der Waals surface area contributed by atoms with Crippen molar-refractivity contribution in [3.63, 3.8) is 0 Å². The molecule has 26 heavy (non-hydrogen) atoms. The Kier molecular flexibility index (Phi) is 6.72. The lowest BCUT2D eigenvalue weighted by Crippen LogP contribution is -2.36. The van der Waals surface area contributed by atoms with Crippen LogP contribution in [0.4, 0.5) is 0 Å². The molecule has 138 valence electrons. The molecule has 0 aliphatic heterocycles. The average Bonchev–Trinajstić information content (AvgIpc) is 2.57. The van der Waals surface area contributed by atoms with Gasteiger partial charge in [0, 0.05) is 23.9 Å². The van der Waals surface area contributed by atoms with Crippen LogP contribution in [0.3, 0.4) is 0 Å². The average molecular weight is 355 g/mol. The summed E-state index contributed by atoms with van der Waals surface area (Å²) >= 11 is 0. The van der Waals surface area contributed by atoms with Crippen molar-refractivity contribution in [1.29, 1.82) is 0 Å². The second-order valence-electron chi connectivity index (χ2n) is 6.47. The van der Waals surface area contributed by atoms with Crippen LogP contribution < -0.4 is 15.4 Å². The van der Waals surface area contributed by atoms with E-state index in [1.165, 1.54) is 0 Å². The summed E-state index contributed by atoms with van der Waals surface area (Å²) in [5.41, 5.74) is 3.35. The van der Waals surface area contributed by atoms with Crippen LogP contribution in [0, 0.1) is 13.8 Å². The van der Waals surface area contributed by atoms with Crippen molar-refractivity contribution in [3.8, 4) is 5.88 Å². The van der Waals surface area contributed by atoms with Crippen molar-refractivity contribution in [2.75, 3.05) is 6.54 Å². The van der Waals surface area contributed by atoms with Gasteiger partial charge < -0.3 is 15.4 Å². The predicted molar refractivity (Wildman–Crippen MR) is 100 cm³/mol. The molecule has 0 atom stereocenters. The summed E-state index contributed by atoms with van der Waals surface area (Å²) in [5.74, 6) is -0.0405. The maximum atomic E-state index is 12.2. The van der Waals surface area contributed by atoms with E-state index in [2.05, 4.69) is 15.6 Å². The number of aryl methyl sites for hydroxylation is 2. The minimum atomic E-state index is -0.276. The third kappa shape index (κ3) is 5.88. The SMILES string of the molecule is Cc1cc(C)cc(C(=O)NCC(=O)NCc2cccnc2OC(C)C)c1. The maximum absolute atomic E-state index is 12.2. The number of hydrogen-bond donors (Lipinski definition) is 2. The van der Waals surface area contributed by atoms with E-state index in [0.29, 0.717) is 11.4 Å². The Bertz CT molecular complexity index is 767. The monoisotopic (exact) mass is 355 g/mol. The largest absolute Gasteiger partial charge is 0.475 e. The molecule has 6 heteroatoms. The number of nitrogens with zero attached hydrogens (tertiary/aromatic N) is 1. The number of pyridine rings is 1. The smallest absolute Gasteiger partial charge is 0.251 e. The number of rotatable bonds is 7. The zero-order chi connectivity index (χ0) is 19.1. The molecule has 0 bridgehead atoms. The Morgan fingerprint density at radius 1 is 1.12 bits per heavy atom. The summed E-state index contributed by atoms with van der Waals surface area (Å²) in [6, 6.07) is 9.22. The van der Waals surface area contributed by atoms with Crippen molar-refractivity contribution in [1.82, 2.24) is 15.6 Å². The quantitative estimate of drug-likeness (QED) is 0.800. The van der Waals surface area contributed by atoms with Gasteiger partial charge in [-0.25, -0.2) is 4.98 Å². The molecule has 6 nitrogen and oxygen atoms in total. The molecule has 1 aromatic heterocycles. The van der Waals surface area contributed by atoms with Crippen LogP contribution in [0.15, 0.2) is 36.5 Å². The minimum absolute atomic E-state index is 0.00331. The van der Waals surface area contributed by atoms with E-state index in [1.54, 1.807) is 24.4 Å². The molecule has 2 rings (SSSR count). The fraction of sp³-hybridized carbons (Fsp3) is 0.350. The Labute approximate surface area is 154 Å². The molecule has 0 aliphatic carbocycles. The molecule has 1 heterocycles. The molecule has 0 saturated heterocycles. The number of carbonyl (C=O) groups is 2. The fourth-order valence-corrected chi connectivity index (χ4v) is 2.51. The molecule has 2 N–H and O–H groups in total. The first-order chi connectivity index (χ1) is 12.3. The Morgan fingerprint density at radius 2 is 1.81 bits per heavy atom. The molecule has 0 radical (unpaired) electrons. The van der Waals surface area contributed by atoms with Crippen LogP contribution >= 0.6 is 0 Å². The summed E-state index contributed by atoms with van der Waals surface area (Å²) in [4.78, 5) is 28.4. The standard InChI is InChI=1S/C20H25N3O3/c1-13(2)26-20-16(6-5-7-21-20)11-22-18(24)12-23-19(25)17-9-14(3)8-15(4)10-17/h5-10,13H,11-12H2,1-4H3,(H,22,24)(H,23,25). The molecule has 0 unspecified atom stereocenters. The number of nitrogens with one attached hydrogen (secondary N) is 2. The number of carbonyl (C=O) groups excluding carboxylic acids is 2. The van der Waals surface area contributed by atoms with Gasteiger partial charge >= 0.3 is 0 Å². The number of aromatic nitrogens is 1. The Morgan fingerprint density at radius 3 is 2.46 bits per heavy atom. The molecule has 0 fully saturated rings. The van der Waals surface area contributed by atoms with Crippen LogP contribution in [0.5, 0.6) is 5.88 Å². The van der Waals surface area contributed by atoms with Crippen molar-refractivity contribution in [2.24, 2.45) is 0 Å². The predicted octanol–water partition coefficient (Wildman–Crippen LogP) is 2.53. The van der Waals surface area contributed by atoms with E-state index in [9.17, 15) is 9.59 Å². The first kappa shape index (κ1) is 19.4. The second-order valence-corrected chi connectivity index (χ2v) is 6.47. The normalized spacial score (nSPS) is 10.5. The van der Waals surface area contributed by atoms with E-state index >= 15 is 0 Å². The van der Waals surface area contributed by atoms with Crippen molar-refractivity contribution in [3.05, 3.63) is 58.8 Å². The Balaban J connectivity index is 1.87. The highest BCUT2D eigenvalue weighted by Gasteiger charge is 2.11. The van der Waals surface area contributed by atoms with Gasteiger partial charge in [0.05, 0.1) is 12.6 Å². The second kappa shape index (κ2) is 8.99. The van der Waals surface area contributed by atoms with Gasteiger partial charge in [0.1, 0.15) is 0 Å². The van der Waals surface area contributed by atoms with Gasteiger partial charge in [0.25, 0.3) is 5.91 Å². The number of hydrogen-bond acceptors (Lipinski definition) is 4. The minimum Gasteiger partial charge on any atom is -0.475 e. The van der Waals surface area contributed by atoms with Crippen LogP contribution in [0.1, 0.15) is 40.9 Å². The lowest BCUT2D eigenvalue weighted by Gasteiger charge is -2.13. The zero-order valence-electron chi connectivity index (χ0n) is 15.6. The van der Waals surface area contributed by atoms with Gasteiger partial charge in [0.15, 0.2) is 0 Å². The fourth-order valence-electron chi connectivity index (χ4n) is 2.51.